The molecular weight excluding hydrogens is 318 g/mol. The van der Waals surface area contributed by atoms with Gasteiger partial charge in [0.15, 0.2) is 0 Å². The zero-order valence-electron chi connectivity index (χ0n) is 11.3. The number of anilines is 1. The lowest BCUT2D eigenvalue weighted by Gasteiger charge is -2.09. The molecule has 1 aliphatic rings. The second kappa shape index (κ2) is 5.40. The Morgan fingerprint density at radius 1 is 1.40 bits per heavy atom. The van der Waals surface area contributed by atoms with Crippen molar-refractivity contribution in [3.8, 4) is 0 Å². The predicted octanol–water partition coefficient (Wildman–Crippen LogP) is 3.41. The monoisotopic (exact) mass is 333 g/mol. The van der Waals surface area contributed by atoms with E-state index in [0.717, 1.165) is 23.0 Å². The van der Waals surface area contributed by atoms with Gasteiger partial charge in [0.1, 0.15) is 5.69 Å². The summed E-state index contributed by atoms with van der Waals surface area (Å²) in [7, 11) is 0. The Labute approximate surface area is 126 Å². The molecule has 0 aliphatic heterocycles. The highest BCUT2D eigenvalue weighted by atomic mass is 79.9. The first-order valence-corrected chi connectivity index (χ1v) is 7.63. The van der Waals surface area contributed by atoms with Gasteiger partial charge >= 0.3 is 0 Å². The fourth-order valence-electron chi connectivity index (χ4n) is 2.67. The van der Waals surface area contributed by atoms with Gasteiger partial charge in [-0.05, 0) is 65.4 Å². The van der Waals surface area contributed by atoms with Crippen LogP contribution in [0.3, 0.4) is 0 Å². The first-order chi connectivity index (χ1) is 9.69. The zero-order valence-corrected chi connectivity index (χ0v) is 12.9. The number of hydrogen-bond donors (Lipinski definition) is 1. The van der Waals surface area contributed by atoms with Gasteiger partial charge in [0.25, 0.3) is 5.91 Å². The van der Waals surface area contributed by atoms with Crippen LogP contribution in [0.25, 0.3) is 0 Å². The molecule has 4 nitrogen and oxygen atoms in total. The van der Waals surface area contributed by atoms with Gasteiger partial charge in [-0.3, -0.25) is 9.48 Å². The smallest absolute Gasteiger partial charge is 0.275 e. The average molecular weight is 334 g/mol. The number of rotatable bonds is 3. The summed E-state index contributed by atoms with van der Waals surface area (Å²) in [5.41, 5.74) is 4.17. The third-order valence-electron chi connectivity index (χ3n) is 3.67. The first kappa shape index (κ1) is 13.4. The molecule has 2 aromatic rings. The van der Waals surface area contributed by atoms with Gasteiger partial charge in [-0.25, -0.2) is 0 Å². The Morgan fingerprint density at radius 3 is 3.00 bits per heavy atom. The van der Waals surface area contributed by atoms with E-state index >= 15 is 0 Å². The van der Waals surface area contributed by atoms with Crippen molar-refractivity contribution in [2.45, 2.75) is 32.7 Å². The minimum Gasteiger partial charge on any atom is -0.321 e. The highest BCUT2D eigenvalue weighted by molar-refractivity contribution is 9.10. The fourth-order valence-corrected chi connectivity index (χ4v) is 3.14. The summed E-state index contributed by atoms with van der Waals surface area (Å²) in [6.45, 7) is 2.63. The molecule has 1 aromatic heterocycles. The van der Waals surface area contributed by atoms with E-state index in [2.05, 4.69) is 38.5 Å². The van der Waals surface area contributed by atoms with Crippen molar-refractivity contribution in [1.82, 2.24) is 9.78 Å². The predicted molar refractivity (Wildman–Crippen MR) is 82.0 cm³/mol. The van der Waals surface area contributed by atoms with Crippen LogP contribution in [0.1, 0.15) is 35.0 Å². The lowest BCUT2D eigenvalue weighted by molar-refractivity contribution is 0.101. The Bertz CT molecular complexity index is 663. The quantitative estimate of drug-likeness (QED) is 0.935. The molecule has 5 heteroatoms. The second-order valence-corrected chi connectivity index (χ2v) is 5.80. The average Bonchev–Trinajstić information content (AvgIpc) is 3.04. The normalized spacial score (nSPS) is 13.3. The molecule has 20 heavy (non-hydrogen) atoms. The van der Waals surface area contributed by atoms with Gasteiger partial charge < -0.3 is 5.32 Å². The highest BCUT2D eigenvalue weighted by Crippen LogP contribution is 2.25. The van der Waals surface area contributed by atoms with Crippen LogP contribution in [0.15, 0.2) is 28.9 Å². The van der Waals surface area contributed by atoms with Gasteiger partial charge in [0.2, 0.25) is 0 Å². The van der Waals surface area contributed by atoms with Crippen molar-refractivity contribution >= 4 is 27.5 Å². The molecule has 0 bridgehead atoms. The molecule has 3 rings (SSSR count). The number of carbonyl (C=O) groups excluding carboxylic acids is 1. The summed E-state index contributed by atoms with van der Waals surface area (Å²) in [4.78, 5) is 12.4. The van der Waals surface area contributed by atoms with E-state index in [0.29, 0.717) is 12.2 Å². The summed E-state index contributed by atoms with van der Waals surface area (Å²) in [6, 6.07) is 6.17. The number of hydrogen-bond acceptors (Lipinski definition) is 2. The number of nitrogens with zero attached hydrogens (tertiary/aromatic N) is 2. The van der Waals surface area contributed by atoms with Crippen LogP contribution >= 0.6 is 15.9 Å². The van der Waals surface area contributed by atoms with Crippen molar-refractivity contribution in [2.24, 2.45) is 0 Å². The Kier molecular flexibility index (Phi) is 3.61. The number of nitrogens with one attached hydrogen (secondary N) is 1. The van der Waals surface area contributed by atoms with Gasteiger partial charge in [-0.1, -0.05) is 6.07 Å². The number of benzene rings is 1. The molecule has 0 spiro atoms. The standard InChI is InChI=1S/C15H16BrN3O/c1-2-19-14(13(16)9-17-19)15(20)18-12-7-6-10-4-3-5-11(10)8-12/h6-9H,2-5H2,1H3,(H,18,20). The minimum atomic E-state index is -0.130. The van der Waals surface area contributed by atoms with Crippen molar-refractivity contribution in [2.75, 3.05) is 5.32 Å². The number of aromatic nitrogens is 2. The van der Waals surface area contributed by atoms with Crippen LogP contribution in [0, 0.1) is 0 Å². The van der Waals surface area contributed by atoms with Crippen molar-refractivity contribution in [3.05, 3.63) is 45.7 Å². The lowest BCUT2D eigenvalue weighted by atomic mass is 10.1. The summed E-state index contributed by atoms with van der Waals surface area (Å²) in [5, 5.41) is 7.12. The molecular formula is C15H16BrN3O. The molecule has 1 N–H and O–H groups in total. The van der Waals surface area contributed by atoms with E-state index in [1.807, 2.05) is 13.0 Å². The summed E-state index contributed by atoms with van der Waals surface area (Å²) < 4.78 is 2.41. The maximum atomic E-state index is 12.4. The number of aryl methyl sites for hydroxylation is 3. The van der Waals surface area contributed by atoms with E-state index in [1.165, 1.54) is 17.5 Å². The largest absolute Gasteiger partial charge is 0.321 e. The first-order valence-electron chi connectivity index (χ1n) is 6.83. The molecule has 0 saturated heterocycles. The number of amides is 1. The third kappa shape index (κ3) is 2.38. The summed E-state index contributed by atoms with van der Waals surface area (Å²) >= 11 is 3.38. The van der Waals surface area contributed by atoms with E-state index in [-0.39, 0.29) is 5.91 Å². The molecule has 0 unspecified atom stereocenters. The molecule has 1 amide bonds. The number of carbonyl (C=O) groups is 1. The minimum absolute atomic E-state index is 0.130. The molecule has 104 valence electrons. The maximum absolute atomic E-state index is 12.4. The zero-order chi connectivity index (χ0) is 14.1. The van der Waals surface area contributed by atoms with E-state index in [9.17, 15) is 4.79 Å². The van der Waals surface area contributed by atoms with Gasteiger partial charge in [0.05, 0.1) is 10.7 Å². The highest BCUT2D eigenvalue weighted by Gasteiger charge is 2.17. The van der Waals surface area contributed by atoms with Crippen LogP contribution < -0.4 is 5.32 Å². The molecule has 0 atom stereocenters. The van der Waals surface area contributed by atoms with E-state index in [1.54, 1.807) is 10.9 Å². The van der Waals surface area contributed by atoms with Crippen LogP contribution in [0.2, 0.25) is 0 Å². The van der Waals surface area contributed by atoms with Gasteiger partial charge in [0, 0.05) is 12.2 Å². The van der Waals surface area contributed by atoms with Gasteiger partial charge in [-0.2, -0.15) is 5.10 Å². The summed E-state index contributed by atoms with van der Waals surface area (Å²) in [6.07, 6.45) is 5.12. The topological polar surface area (TPSA) is 46.9 Å². The maximum Gasteiger partial charge on any atom is 0.275 e. The van der Waals surface area contributed by atoms with Crippen LogP contribution in [-0.4, -0.2) is 15.7 Å². The number of fused-ring (bicyclic) bond motifs is 1. The lowest BCUT2D eigenvalue weighted by Crippen LogP contribution is -2.18. The third-order valence-corrected chi connectivity index (χ3v) is 4.25. The Balaban J connectivity index is 1.84. The van der Waals surface area contributed by atoms with E-state index < -0.39 is 0 Å². The Morgan fingerprint density at radius 2 is 2.20 bits per heavy atom. The van der Waals surface area contributed by atoms with Crippen molar-refractivity contribution < 1.29 is 4.79 Å². The molecule has 0 saturated carbocycles. The van der Waals surface area contributed by atoms with Gasteiger partial charge in [-0.15, -0.1) is 0 Å². The van der Waals surface area contributed by atoms with Crippen LogP contribution in [0.4, 0.5) is 5.69 Å². The molecule has 1 heterocycles. The van der Waals surface area contributed by atoms with Crippen LogP contribution in [-0.2, 0) is 19.4 Å². The Hall–Kier alpha value is -1.62. The molecule has 0 radical (unpaired) electrons. The fraction of sp³-hybridized carbons (Fsp3) is 0.333. The van der Waals surface area contributed by atoms with Crippen LogP contribution in [0.5, 0.6) is 0 Å². The van der Waals surface area contributed by atoms with Crippen molar-refractivity contribution in [1.29, 1.82) is 0 Å². The second-order valence-electron chi connectivity index (χ2n) is 4.95. The van der Waals surface area contributed by atoms with E-state index in [4.69, 9.17) is 0 Å². The van der Waals surface area contributed by atoms with Crippen molar-refractivity contribution in [3.63, 3.8) is 0 Å². The summed E-state index contributed by atoms with van der Waals surface area (Å²) in [5.74, 6) is -0.130. The molecule has 1 aromatic carbocycles. The number of halogens is 1. The molecule has 1 aliphatic carbocycles. The molecule has 0 fully saturated rings. The SMILES string of the molecule is CCn1ncc(Br)c1C(=O)Nc1ccc2c(c1)CCC2.